The molecule has 1 aromatic heterocycles. The highest BCUT2D eigenvalue weighted by Crippen LogP contribution is 2.25. The number of ether oxygens (including phenoxy) is 1. The maximum Gasteiger partial charge on any atom is 0.128 e. The SMILES string of the molecule is Cc1cc(=S)c2cc(Oc3ccccc3)ccc2[nH]1. The van der Waals surface area contributed by atoms with Crippen LogP contribution in [0.4, 0.5) is 0 Å². The molecule has 2 aromatic carbocycles. The lowest BCUT2D eigenvalue weighted by Gasteiger charge is -2.07. The summed E-state index contributed by atoms with van der Waals surface area (Å²) < 4.78 is 6.65. The number of aryl methyl sites for hydroxylation is 1. The van der Waals surface area contributed by atoms with Crippen molar-refractivity contribution in [3.63, 3.8) is 0 Å². The second-order valence-electron chi connectivity index (χ2n) is 4.44. The summed E-state index contributed by atoms with van der Waals surface area (Å²) in [7, 11) is 0. The minimum atomic E-state index is 0.794. The number of hydrogen-bond donors (Lipinski definition) is 1. The van der Waals surface area contributed by atoms with Gasteiger partial charge in [0.05, 0.1) is 0 Å². The second-order valence-corrected chi connectivity index (χ2v) is 4.88. The van der Waals surface area contributed by atoms with Crippen molar-refractivity contribution in [1.82, 2.24) is 4.98 Å². The molecule has 19 heavy (non-hydrogen) atoms. The largest absolute Gasteiger partial charge is 0.457 e. The van der Waals surface area contributed by atoms with Crippen molar-refractivity contribution in [3.05, 3.63) is 64.8 Å². The third-order valence-corrected chi connectivity index (χ3v) is 3.25. The highest BCUT2D eigenvalue weighted by Gasteiger charge is 2.01. The maximum atomic E-state index is 5.81. The van der Waals surface area contributed by atoms with Crippen LogP contribution in [0.2, 0.25) is 0 Å². The lowest BCUT2D eigenvalue weighted by Crippen LogP contribution is -1.87. The minimum absolute atomic E-state index is 0.794. The van der Waals surface area contributed by atoms with Crippen LogP contribution in [0.1, 0.15) is 5.69 Å². The molecule has 0 radical (unpaired) electrons. The highest BCUT2D eigenvalue weighted by molar-refractivity contribution is 7.71. The summed E-state index contributed by atoms with van der Waals surface area (Å²) in [5.41, 5.74) is 2.10. The molecule has 0 aliphatic carbocycles. The van der Waals surface area contributed by atoms with Crippen LogP contribution in [0.15, 0.2) is 54.6 Å². The fourth-order valence-electron chi connectivity index (χ4n) is 2.05. The van der Waals surface area contributed by atoms with Gasteiger partial charge in [-0.25, -0.2) is 0 Å². The second kappa shape index (κ2) is 4.86. The predicted octanol–water partition coefficient (Wildman–Crippen LogP) is 5.00. The molecule has 1 heterocycles. The molecule has 0 bridgehead atoms. The van der Waals surface area contributed by atoms with Gasteiger partial charge in [-0.2, -0.15) is 0 Å². The van der Waals surface area contributed by atoms with Gasteiger partial charge in [0.25, 0.3) is 0 Å². The number of nitrogens with one attached hydrogen (secondary N) is 1. The van der Waals surface area contributed by atoms with E-state index >= 15 is 0 Å². The number of hydrogen-bond acceptors (Lipinski definition) is 2. The van der Waals surface area contributed by atoms with Crippen molar-refractivity contribution in [2.24, 2.45) is 0 Å². The van der Waals surface area contributed by atoms with Gasteiger partial charge in [-0.3, -0.25) is 0 Å². The first-order chi connectivity index (χ1) is 9.22. The van der Waals surface area contributed by atoms with Crippen molar-refractivity contribution in [2.45, 2.75) is 6.92 Å². The predicted molar refractivity (Wildman–Crippen MR) is 80.4 cm³/mol. The lowest BCUT2D eigenvalue weighted by atomic mass is 10.2. The molecule has 0 unspecified atom stereocenters. The molecule has 0 atom stereocenters. The Morgan fingerprint density at radius 2 is 1.74 bits per heavy atom. The van der Waals surface area contributed by atoms with Crippen molar-refractivity contribution < 1.29 is 4.74 Å². The molecular formula is C16H13NOS. The van der Waals surface area contributed by atoms with E-state index in [1.807, 2.05) is 61.5 Å². The first-order valence-electron chi connectivity index (χ1n) is 6.09. The van der Waals surface area contributed by atoms with Crippen molar-refractivity contribution in [2.75, 3.05) is 0 Å². The molecule has 3 aromatic rings. The van der Waals surface area contributed by atoms with Gasteiger partial charge in [0.15, 0.2) is 0 Å². The minimum Gasteiger partial charge on any atom is -0.457 e. The summed E-state index contributed by atoms with van der Waals surface area (Å²) in [6, 6.07) is 17.6. The summed E-state index contributed by atoms with van der Waals surface area (Å²) in [5.74, 6) is 1.62. The third kappa shape index (κ3) is 2.51. The summed E-state index contributed by atoms with van der Waals surface area (Å²) >= 11 is 5.39. The molecular weight excluding hydrogens is 254 g/mol. The monoisotopic (exact) mass is 267 g/mol. The molecule has 0 spiro atoms. The first kappa shape index (κ1) is 11.9. The zero-order chi connectivity index (χ0) is 13.2. The number of benzene rings is 2. The highest BCUT2D eigenvalue weighted by atomic mass is 32.1. The summed E-state index contributed by atoms with van der Waals surface area (Å²) in [6.45, 7) is 2.00. The van der Waals surface area contributed by atoms with E-state index in [0.717, 1.165) is 32.6 Å². The van der Waals surface area contributed by atoms with Crippen LogP contribution in [0.25, 0.3) is 10.9 Å². The van der Waals surface area contributed by atoms with Gasteiger partial charge < -0.3 is 9.72 Å². The number of fused-ring (bicyclic) bond motifs is 1. The zero-order valence-corrected chi connectivity index (χ0v) is 11.3. The fraction of sp³-hybridized carbons (Fsp3) is 0.0625. The average Bonchev–Trinajstić information content (AvgIpc) is 2.40. The van der Waals surface area contributed by atoms with Crippen molar-refractivity contribution >= 4 is 23.1 Å². The Balaban J connectivity index is 2.05. The van der Waals surface area contributed by atoms with E-state index < -0.39 is 0 Å². The van der Waals surface area contributed by atoms with Gasteiger partial charge in [-0.1, -0.05) is 30.4 Å². The Morgan fingerprint density at radius 1 is 0.947 bits per heavy atom. The maximum absolute atomic E-state index is 5.81. The molecule has 0 saturated carbocycles. The fourth-order valence-corrected chi connectivity index (χ4v) is 2.39. The van der Waals surface area contributed by atoms with Gasteiger partial charge >= 0.3 is 0 Å². The van der Waals surface area contributed by atoms with Gasteiger partial charge in [-0.05, 0) is 43.3 Å². The molecule has 1 N–H and O–H groups in total. The normalized spacial score (nSPS) is 10.6. The summed E-state index contributed by atoms with van der Waals surface area (Å²) in [5, 5.41) is 1.01. The Morgan fingerprint density at radius 3 is 2.53 bits per heavy atom. The number of aromatic nitrogens is 1. The third-order valence-electron chi connectivity index (χ3n) is 2.91. The van der Waals surface area contributed by atoms with Crippen LogP contribution >= 0.6 is 12.2 Å². The Labute approximate surface area is 116 Å². The van der Waals surface area contributed by atoms with E-state index in [2.05, 4.69) is 4.98 Å². The molecule has 94 valence electrons. The van der Waals surface area contributed by atoms with E-state index in [4.69, 9.17) is 17.0 Å². The van der Waals surface area contributed by atoms with Crippen LogP contribution < -0.4 is 4.74 Å². The number of rotatable bonds is 2. The molecule has 0 aliphatic rings. The Kier molecular flexibility index (Phi) is 3.05. The van der Waals surface area contributed by atoms with E-state index in [1.165, 1.54) is 0 Å². The molecule has 3 heteroatoms. The van der Waals surface area contributed by atoms with E-state index in [1.54, 1.807) is 0 Å². The average molecular weight is 267 g/mol. The van der Waals surface area contributed by atoms with Crippen molar-refractivity contribution in [1.29, 1.82) is 0 Å². The van der Waals surface area contributed by atoms with Gasteiger partial charge in [0.1, 0.15) is 11.5 Å². The zero-order valence-electron chi connectivity index (χ0n) is 10.5. The van der Waals surface area contributed by atoms with Crippen molar-refractivity contribution in [3.8, 4) is 11.5 Å². The topological polar surface area (TPSA) is 25.0 Å². The molecule has 0 amide bonds. The number of aromatic amines is 1. The van der Waals surface area contributed by atoms with Crippen LogP contribution in [0.5, 0.6) is 11.5 Å². The van der Waals surface area contributed by atoms with E-state index in [0.29, 0.717) is 0 Å². The van der Waals surface area contributed by atoms with Crippen LogP contribution in [0.3, 0.4) is 0 Å². The number of pyridine rings is 1. The molecule has 0 fully saturated rings. The van der Waals surface area contributed by atoms with Gasteiger partial charge in [0, 0.05) is 21.1 Å². The standard InChI is InChI=1S/C16H13NOS/c1-11-9-16(19)14-10-13(7-8-15(14)17-11)18-12-5-3-2-4-6-12/h2-10H,1H3,(H,17,19). The number of para-hydroxylation sites is 1. The smallest absolute Gasteiger partial charge is 0.128 e. The Hall–Kier alpha value is -2.13. The summed E-state index contributed by atoms with van der Waals surface area (Å²) in [4.78, 5) is 3.30. The van der Waals surface area contributed by atoms with Gasteiger partial charge in [0.2, 0.25) is 0 Å². The molecule has 2 nitrogen and oxygen atoms in total. The molecule has 0 saturated heterocycles. The first-order valence-corrected chi connectivity index (χ1v) is 6.50. The summed E-state index contributed by atoms with van der Waals surface area (Å²) in [6.07, 6.45) is 0. The number of H-pyrrole nitrogens is 1. The van der Waals surface area contributed by atoms with Crippen LogP contribution in [-0.4, -0.2) is 4.98 Å². The molecule has 3 rings (SSSR count). The molecule has 0 aliphatic heterocycles. The van der Waals surface area contributed by atoms with E-state index in [-0.39, 0.29) is 0 Å². The van der Waals surface area contributed by atoms with E-state index in [9.17, 15) is 0 Å². The Bertz CT molecular complexity index is 778. The van der Waals surface area contributed by atoms with Crippen LogP contribution in [-0.2, 0) is 0 Å². The van der Waals surface area contributed by atoms with Gasteiger partial charge in [-0.15, -0.1) is 0 Å². The lowest BCUT2D eigenvalue weighted by molar-refractivity contribution is 0.483. The van der Waals surface area contributed by atoms with Crippen LogP contribution in [0, 0.1) is 11.4 Å². The quantitative estimate of drug-likeness (QED) is 0.661.